The number of nitrogens with one attached hydrogen (secondary N) is 3. The van der Waals surface area contributed by atoms with E-state index in [0.717, 1.165) is 34.6 Å². The fourth-order valence-electron chi connectivity index (χ4n) is 3.60. The van der Waals surface area contributed by atoms with Gasteiger partial charge in [-0.25, -0.2) is 4.98 Å². The maximum absolute atomic E-state index is 13.1. The lowest BCUT2D eigenvalue weighted by atomic mass is 10.1. The van der Waals surface area contributed by atoms with Gasteiger partial charge in [0.15, 0.2) is 11.6 Å². The summed E-state index contributed by atoms with van der Waals surface area (Å²) in [7, 11) is 0. The SMILES string of the molecule is Cc1c(C(=O)N2CCNCC2)nc(Nc2cc(C3CC3)[nH]n2)c2sccc12. The number of pyridine rings is 1. The lowest BCUT2D eigenvalue weighted by Crippen LogP contribution is -2.46. The number of aromatic nitrogens is 3. The van der Waals surface area contributed by atoms with Gasteiger partial charge >= 0.3 is 0 Å². The Kier molecular flexibility index (Phi) is 4.09. The number of carbonyl (C=O) groups is 1. The number of H-pyrrole nitrogens is 1. The highest BCUT2D eigenvalue weighted by atomic mass is 32.1. The van der Waals surface area contributed by atoms with Crippen molar-refractivity contribution < 1.29 is 4.79 Å². The van der Waals surface area contributed by atoms with Gasteiger partial charge in [0.1, 0.15) is 5.69 Å². The molecule has 2 aliphatic rings. The van der Waals surface area contributed by atoms with Crippen LogP contribution in [0.1, 0.15) is 40.5 Å². The van der Waals surface area contributed by atoms with Gasteiger partial charge in [0.2, 0.25) is 0 Å². The average Bonchev–Trinajstić information content (AvgIpc) is 3.23. The van der Waals surface area contributed by atoms with Crippen LogP contribution in [0.25, 0.3) is 10.1 Å². The fraction of sp³-hybridized carbons (Fsp3) is 0.421. The zero-order valence-corrected chi connectivity index (χ0v) is 16.0. The summed E-state index contributed by atoms with van der Waals surface area (Å²) in [6.07, 6.45) is 2.45. The Hall–Kier alpha value is -2.45. The Morgan fingerprint density at radius 3 is 2.93 bits per heavy atom. The lowest BCUT2D eigenvalue weighted by molar-refractivity contribution is 0.0729. The second kappa shape index (κ2) is 6.61. The number of rotatable bonds is 4. The molecular formula is C19H22N6OS. The number of aryl methyl sites for hydroxylation is 1. The van der Waals surface area contributed by atoms with Crippen LogP contribution in [0.15, 0.2) is 17.5 Å². The van der Waals surface area contributed by atoms with Gasteiger partial charge in [-0.15, -0.1) is 11.3 Å². The molecule has 5 rings (SSSR count). The van der Waals surface area contributed by atoms with Crippen LogP contribution in [0, 0.1) is 6.92 Å². The number of anilines is 2. The van der Waals surface area contributed by atoms with Gasteiger partial charge in [-0.1, -0.05) is 0 Å². The van der Waals surface area contributed by atoms with E-state index in [9.17, 15) is 4.79 Å². The van der Waals surface area contributed by atoms with E-state index in [1.54, 1.807) is 11.3 Å². The minimum atomic E-state index is 0.00541. The minimum Gasteiger partial charge on any atom is -0.335 e. The van der Waals surface area contributed by atoms with E-state index in [1.807, 2.05) is 17.2 Å². The Morgan fingerprint density at radius 1 is 1.33 bits per heavy atom. The number of fused-ring (bicyclic) bond motifs is 1. The third-order valence-corrected chi connectivity index (χ3v) is 6.25. The van der Waals surface area contributed by atoms with Crippen LogP contribution in [0.5, 0.6) is 0 Å². The molecule has 140 valence electrons. The second-order valence-electron chi connectivity index (χ2n) is 7.25. The maximum Gasteiger partial charge on any atom is 0.272 e. The van der Waals surface area contributed by atoms with Crippen molar-refractivity contribution in [1.82, 2.24) is 25.4 Å². The molecule has 1 amide bonds. The Balaban J connectivity index is 1.51. The van der Waals surface area contributed by atoms with Gasteiger partial charge in [-0.3, -0.25) is 9.89 Å². The molecule has 27 heavy (non-hydrogen) atoms. The van der Waals surface area contributed by atoms with Gasteiger partial charge in [-0.05, 0) is 36.8 Å². The summed E-state index contributed by atoms with van der Waals surface area (Å²) < 4.78 is 1.06. The Morgan fingerprint density at radius 2 is 2.15 bits per heavy atom. The molecule has 0 bridgehead atoms. The molecule has 8 heteroatoms. The van der Waals surface area contributed by atoms with Crippen molar-refractivity contribution in [1.29, 1.82) is 0 Å². The van der Waals surface area contributed by atoms with Crippen molar-refractivity contribution in [3.63, 3.8) is 0 Å². The predicted molar refractivity (Wildman–Crippen MR) is 107 cm³/mol. The molecule has 0 atom stereocenters. The molecule has 3 aromatic rings. The van der Waals surface area contributed by atoms with Crippen molar-refractivity contribution in [2.45, 2.75) is 25.7 Å². The van der Waals surface area contributed by atoms with Crippen LogP contribution < -0.4 is 10.6 Å². The zero-order chi connectivity index (χ0) is 18.4. The molecule has 1 saturated heterocycles. The maximum atomic E-state index is 13.1. The molecule has 0 unspecified atom stereocenters. The third-order valence-electron chi connectivity index (χ3n) is 5.33. The van der Waals surface area contributed by atoms with Gasteiger partial charge in [0.05, 0.1) is 4.70 Å². The highest BCUT2D eigenvalue weighted by Gasteiger charge is 2.26. The molecular weight excluding hydrogens is 360 g/mol. The third kappa shape index (κ3) is 3.08. The van der Waals surface area contributed by atoms with Gasteiger partial charge in [0, 0.05) is 49.2 Å². The summed E-state index contributed by atoms with van der Waals surface area (Å²) in [5.74, 6) is 2.08. The highest BCUT2D eigenvalue weighted by molar-refractivity contribution is 7.17. The van der Waals surface area contributed by atoms with Crippen molar-refractivity contribution in [2.24, 2.45) is 0 Å². The number of amides is 1. The van der Waals surface area contributed by atoms with Gasteiger partial charge in [0.25, 0.3) is 5.91 Å². The molecule has 3 aromatic heterocycles. The molecule has 4 heterocycles. The van der Waals surface area contributed by atoms with Crippen molar-refractivity contribution in [2.75, 3.05) is 31.5 Å². The monoisotopic (exact) mass is 382 g/mol. The summed E-state index contributed by atoms with van der Waals surface area (Å²) >= 11 is 1.63. The van der Waals surface area contributed by atoms with Crippen LogP contribution in [-0.2, 0) is 0 Å². The number of piperazine rings is 1. The Bertz CT molecular complexity index is 999. The van der Waals surface area contributed by atoms with E-state index < -0.39 is 0 Å². The van der Waals surface area contributed by atoms with E-state index in [2.05, 4.69) is 33.0 Å². The quantitative estimate of drug-likeness (QED) is 0.646. The first-order valence-corrected chi connectivity index (χ1v) is 10.3. The summed E-state index contributed by atoms with van der Waals surface area (Å²) in [6, 6.07) is 4.12. The van der Waals surface area contributed by atoms with Crippen molar-refractivity contribution in [3.05, 3.63) is 34.5 Å². The molecule has 1 aliphatic carbocycles. The lowest BCUT2D eigenvalue weighted by Gasteiger charge is -2.27. The van der Waals surface area contributed by atoms with Crippen LogP contribution in [0.3, 0.4) is 0 Å². The number of thiophene rings is 1. The molecule has 3 N–H and O–H groups in total. The van der Waals surface area contributed by atoms with E-state index in [-0.39, 0.29) is 5.91 Å². The first-order valence-electron chi connectivity index (χ1n) is 9.41. The predicted octanol–water partition coefficient (Wildman–Crippen LogP) is 2.99. The highest BCUT2D eigenvalue weighted by Crippen LogP contribution is 2.40. The molecule has 1 saturated carbocycles. The summed E-state index contributed by atoms with van der Waals surface area (Å²) in [6.45, 7) is 5.08. The standard InChI is InChI=1S/C19H22N6OS/c1-11-13-4-9-27-17(13)18(21-15-10-14(23-24-15)12-2-3-12)22-16(11)19(26)25-7-5-20-6-8-25/h4,9-10,12,20H,2-3,5-8H2,1H3,(H2,21,22,23,24). The smallest absolute Gasteiger partial charge is 0.272 e. The molecule has 2 fully saturated rings. The summed E-state index contributed by atoms with van der Waals surface area (Å²) in [5.41, 5.74) is 2.65. The number of nitrogens with zero attached hydrogens (tertiary/aromatic N) is 3. The van der Waals surface area contributed by atoms with Crippen LogP contribution in [-0.4, -0.2) is 52.2 Å². The van der Waals surface area contributed by atoms with Crippen LogP contribution in [0.4, 0.5) is 11.6 Å². The molecule has 7 nitrogen and oxygen atoms in total. The number of carbonyl (C=O) groups excluding carboxylic acids is 1. The summed E-state index contributed by atoms with van der Waals surface area (Å²) in [4.78, 5) is 19.7. The van der Waals surface area contributed by atoms with Gasteiger partial charge in [-0.2, -0.15) is 5.10 Å². The number of hydrogen-bond acceptors (Lipinski definition) is 6. The van der Waals surface area contributed by atoms with Crippen molar-refractivity contribution >= 4 is 39.0 Å². The van der Waals surface area contributed by atoms with E-state index >= 15 is 0 Å². The van der Waals surface area contributed by atoms with Crippen molar-refractivity contribution in [3.8, 4) is 0 Å². The first-order chi connectivity index (χ1) is 13.2. The second-order valence-corrected chi connectivity index (χ2v) is 8.16. The van der Waals surface area contributed by atoms with E-state index in [1.165, 1.54) is 18.5 Å². The largest absolute Gasteiger partial charge is 0.335 e. The zero-order valence-electron chi connectivity index (χ0n) is 15.2. The minimum absolute atomic E-state index is 0.00541. The van der Waals surface area contributed by atoms with Gasteiger partial charge < -0.3 is 15.5 Å². The molecule has 1 aliphatic heterocycles. The topological polar surface area (TPSA) is 85.9 Å². The molecule has 0 radical (unpaired) electrons. The Labute approximate surface area is 161 Å². The molecule has 0 aromatic carbocycles. The molecule has 0 spiro atoms. The van der Waals surface area contributed by atoms with Crippen LogP contribution in [0.2, 0.25) is 0 Å². The average molecular weight is 382 g/mol. The number of hydrogen-bond donors (Lipinski definition) is 3. The van der Waals surface area contributed by atoms with Crippen LogP contribution >= 0.6 is 11.3 Å². The first kappa shape index (κ1) is 16.7. The number of aromatic amines is 1. The van der Waals surface area contributed by atoms with E-state index in [4.69, 9.17) is 4.98 Å². The van der Waals surface area contributed by atoms with E-state index in [0.29, 0.717) is 30.5 Å². The fourth-order valence-corrected chi connectivity index (χ4v) is 4.49. The normalized spacial score (nSPS) is 17.4. The summed E-state index contributed by atoms with van der Waals surface area (Å²) in [5, 5.41) is 17.2.